The van der Waals surface area contributed by atoms with Crippen LogP contribution in [0, 0.1) is 12.8 Å². The molecule has 0 bridgehead atoms. The van der Waals surface area contributed by atoms with Gasteiger partial charge < -0.3 is 10.6 Å². The number of carbonyl (C=O) groups is 3. The molecule has 6 heteroatoms. The van der Waals surface area contributed by atoms with Gasteiger partial charge in [-0.3, -0.25) is 14.5 Å². The van der Waals surface area contributed by atoms with E-state index in [9.17, 15) is 14.4 Å². The first-order valence-electron chi connectivity index (χ1n) is 9.31. The van der Waals surface area contributed by atoms with Crippen molar-refractivity contribution in [3.05, 3.63) is 35.4 Å². The van der Waals surface area contributed by atoms with Crippen molar-refractivity contribution in [1.29, 1.82) is 0 Å². The van der Waals surface area contributed by atoms with E-state index >= 15 is 0 Å². The number of carbonyl (C=O) groups excluding carboxylic acids is 3. The maximum atomic E-state index is 12.8. The number of amides is 4. The highest BCUT2D eigenvalue weighted by molar-refractivity contribution is 6.09. The van der Waals surface area contributed by atoms with E-state index in [1.54, 1.807) is 0 Å². The SMILES string of the molecule is Cc1ccccc1C(C)NC(=O)CN1C(=O)NC2(CCC(C)CC2)C1=O. The molecule has 26 heavy (non-hydrogen) atoms. The van der Waals surface area contributed by atoms with Crippen molar-refractivity contribution in [1.82, 2.24) is 15.5 Å². The molecule has 4 amide bonds. The van der Waals surface area contributed by atoms with Gasteiger partial charge in [-0.25, -0.2) is 4.79 Å². The van der Waals surface area contributed by atoms with E-state index in [1.165, 1.54) is 0 Å². The van der Waals surface area contributed by atoms with Gasteiger partial charge in [-0.15, -0.1) is 0 Å². The highest BCUT2D eigenvalue weighted by Gasteiger charge is 2.52. The van der Waals surface area contributed by atoms with Crippen LogP contribution in [0.2, 0.25) is 0 Å². The van der Waals surface area contributed by atoms with Crippen LogP contribution >= 0.6 is 0 Å². The number of benzene rings is 1. The van der Waals surface area contributed by atoms with Gasteiger partial charge in [0.25, 0.3) is 5.91 Å². The predicted octanol–water partition coefficient (Wildman–Crippen LogP) is 2.67. The van der Waals surface area contributed by atoms with Crippen molar-refractivity contribution in [2.75, 3.05) is 6.54 Å². The number of nitrogens with zero attached hydrogens (tertiary/aromatic N) is 1. The number of rotatable bonds is 4. The average molecular weight is 357 g/mol. The zero-order valence-electron chi connectivity index (χ0n) is 15.7. The topological polar surface area (TPSA) is 78.5 Å². The minimum Gasteiger partial charge on any atom is -0.348 e. The molecular formula is C20H27N3O3. The fraction of sp³-hybridized carbons (Fsp3) is 0.550. The van der Waals surface area contributed by atoms with Crippen LogP contribution in [-0.4, -0.2) is 34.8 Å². The molecule has 2 N–H and O–H groups in total. The minimum absolute atomic E-state index is 0.186. The second kappa shape index (κ2) is 7.09. The Morgan fingerprint density at radius 1 is 1.31 bits per heavy atom. The Morgan fingerprint density at radius 2 is 1.96 bits per heavy atom. The van der Waals surface area contributed by atoms with Gasteiger partial charge in [-0.1, -0.05) is 31.2 Å². The van der Waals surface area contributed by atoms with Gasteiger partial charge in [-0.2, -0.15) is 0 Å². The Bertz CT molecular complexity index is 723. The summed E-state index contributed by atoms with van der Waals surface area (Å²) < 4.78 is 0. The summed E-state index contributed by atoms with van der Waals surface area (Å²) in [6.07, 6.45) is 3.12. The highest BCUT2D eigenvalue weighted by Crippen LogP contribution is 2.36. The molecule has 1 atom stereocenters. The van der Waals surface area contributed by atoms with E-state index < -0.39 is 11.6 Å². The monoisotopic (exact) mass is 357 g/mol. The molecule has 1 saturated heterocycles. The lowest BCUT2D eigenvalue weighted by Crippen LogP contribution is -2.50. The van der Waals surface area contributed by atoms with Crippen LogP contribution in [0.4, 0.5) is 4.79 Å². The predicted molar refractivity (Wildman–Crippen MR) is 98.3 cm³/mol. The number of imide groups is 1. The summed E-state index contributed by atoms with van der Waals surface area (Å²) in [7, 11) is 0. The zero-order chi connectivity index (χ0) is 18.9. The molecule has 140 valence electrons. The van der Waals surface area contributed by atoms with Crippen LogP contribution in [0.5, 0.6) is 0 Å². The van der Waals surface area contributed by atoms with Gasteiger partial charge in [0.1, 0.15) is 12.1 Å². The lowest BCUT2D eigenvalue weighted by molar-refractivity contribution is -0.136. The van der Waals surface area contributed by atoms with Crippen molar-refractivity contribution in [3.63, 3.8) is 0 Å². The van der Waals surface area contributed by atoms with Gasteiger partial charge in [0, 0.05) is 0 Å². The molecule has 1 unspecified atom stereocenters. The van der Waals surface area contributed by atoms with Crippen LogP contribution < -0.4 is 10.6 Å². The van der Waals surface area contributed by atoms with Crippen molar-refractivity contribution >= 4 is 17.8 Å². The van der Waals surface area contributed by atoms with Gasteiger partial charge in [0.2, 0.25) is 5.91 Å². The number of aryl methyl sites for hydroxylation is 1. The molecule has 1 spiro atoms. The maximum Gasteiger partial charge on any atom is 0.325 e. The number of hydrogen-bond donors (Lipinski definition) is 2. The minimum atomic E-state index is -0.800. The fourth-order valence-corrected chi connectivity index (χ4v) is 3.99. The molecule has 1 aliphatic heterocycles. The third kappa shape index (κ3) is 3.45. The Labute approximate surface area is 154 Å². The lowest BCUT2D eigenvalue weighted by atomic mass is 9.77. The largest absolute Gasteiger partial charge is 0.348 e. The zero-order valence-corrected chi connectivity index (χ0v) is 15.7. The molecule has 1 heterocycles. The van der Waals surface area contributed by atoms with Gasteiger partial charge >= 0.3 is 6.03 Å². The molecule has 1 saturated carbocycles. The van der Waals surface area contributed by atoms with Crippen molar-refractivity contribution in [2.24, 2.45) is 5.92 Å². The second-order valence-electron chi connectivity index (χ2n) is 7.73. The summed E-state index contributed by atoms with van der Waals surface area (Å²) in [5.74, 6) is -0.0174. The molecular weight excluding hydrogens is 330 g/mol. The Hall–Kier alpha value is -2.37. The van der Waals surface area contributed by atoms with E-state index in [0.717, 1.165) is 28.9 Å². The molecule has 1 aromatic carbocycles. The first-order chi connectivity index (χ1) is 12.3. The Balaban J connectivity index is 1.63. The van der Waals surface area contributed by atoms with Gasteiger partial charge in [-0.05, 0) is 56.6 Å². The molecule has 1 aliphatic carbocycles. The summed E-state index contributed by atoms with van der Waals surface area (Å²) >= 11 is 0. The first-order valence-corrected chi connectivity index (χ1v) is 9.31. The Kier molecular flexibility index (Phi) is 5.03. The number of nitrogens with one attached hydrogen (secondary N) is 2. The summed E-state index contributed by atoms with van der Waals surface area (Å²) in [5.41, 5.74) is 1.31. The Morgan fingerprint density at radius 3 is 2.62 bits per heavy atom. The molecule has 3 rings (SSSR count). The molecule has 2 aliphatic rings. The van der Waals surface area contributed by atoms with Crippen LogP contribution in [-0.2, 0) is 9.59 Å². The molecule has 6 nitrogen and oxygen atoms in total. The molecule has 0 radical (unpaired) electrons. The normalized spacial score (nSPS) is 26.7. The number of urea groups is 1. The van der Waals surface area contributed by atoms with Crippen molar-refractivity contribution in [3.8, 4) is 0 Å². The summed E-state index contributed by atoms with van der Waals surface area (Å²) in [5, 5.41) is 5.74. The van der Waals surface area contributed by atoms with E-state index in [1.807, 2.05) is 38.1 Å². The van der Waals surface area contributed by atoms with E-state index in [2.05, 4.69) is 17.6 Å². The van der Waals surface area contributed by atoms with E-state index in [0.29, 0.717) is 18.8 Å². The molecule has 2 fully saturated rings. The van der Waals surface area contributed by atoms with Crippen molar-refractivity contribution < 1.29 is 14.4 Å². The summed E-state index contributed by atoms with van der Waals surface area (Å²) in [6.45, 7) is 5.81. The quantitative estimate of drug-likeness (QED) is 0.813. The maximum absolute atomic E-state index is 12.8. The van der Waals surface area contributed by atoms with Crippen LogP contribution in [0.1, 0.15) is 56.7 Å². The molecule has 1 aromatic rings. The smallest absolute Gasteiger partial charge is 0.325 e. The van der Waals surface area contributed by atoms with Gasteiger partial charge in [0.15, 0.2) is 0 Å². The second-order valence-corrected chi connectivity index (χ2v) is 7.73. The van der Waals surface area contributed by atoms with Crippen LogP contribution in [0.25, 0.3) is 0 Å². The van der Waals surface area contributed by atoms with Crippen LogP contribution in [0.15, 0.2) is 24.3 Å². The summed E-state index contributed by atoms with van der Waals surface area (Å²) in [6, 6.07) is 7.19. The third-order valence-corrected chi connectivity index (χ3v) is 5.71. The van der Waals surface area contributed by atoms with E-state index in [4.69, 9.17) is 0 Å². The summed E-state index contributed by atoms with van der Waals surface area (Å²) in [4.78, 5) is 38.6. The fourth-order valence-electron chi connectivity index (χ4n) is 3.99. The van der Waals surface area contributed by atoms with Crippen LogP contribution in [0.3, 0.4) is 0 Å². The lowest BCUT2D eigenvalue weighted by Gasteiger charge is -2.33. The van der Waals surface area contributed by atoms with Crippen molar-refractivity contribution in [2.45, 2.75) is 58.0 Å². The highest BCUT2D eigenvalue weighted by atomic mass is 16.2. The van der Waals surface area contributed by atoms with E-state index in [-0.39, 0.29) is 24.4 Å². The standard InChI is InChI=1S/C20H27N3O3/c1-13-8-10-20(11-9-13)18(25)23(19(26)22-20)12-17(24)21-15(3)16-7-5-4-6-14(16)2/h4-7,13,15H,8-12H2,1-3H3,(H,21,24)(H,22,26). The first kappa shape index (κ1) is 18.4. The third-order valence-electron chi connectivity index (χ3n) is 5.71. The van der Waals surface area contributed by atoms with Gasteiger partial charge in [0.05, 0.1) is 6.04 Å². The molecule has 0 aromatic heterocycles. The number of hydrogen-bond acceptors (Lipinski definition) is 3. The average Bonchev–Trinajstić information content (AvgIpc) is 2.82.